The summed E-state index contributed by atoms with van der Waals surface area (Å²) in [5.74, 6) is -1.08. The van der Waals surface area contributed by atoms with Crippen LogP contribution in [0.5, 0.6) is 0 Å². The standard InChI is InChI=1S/C18H23F3N6O2/c1-2-26-15(17(22)29)12(10-23-26)24-14(28)8-5-9-27-13-7-4-3-6-11(13)16(25-27)18(19,20)21/h10H,2-9H2,1H3,(H2,22,29)(H,24,28). The van der Waals surface area contributed by atoms with Gasteiger partial charge in [0.1, 0.15) is 5.69 Å². The molecule has 0 saturated carbocycles. The summed E-state index contributed by atoms with van der Waals surface area (Å²) in [6.45, 7) is 2.41. The van der Waals surface area contributed by atoms with Crippen molar-refractivity contribution < 1.29 is 22.8 Å². The molecule has 0 atom stereocenters. The van der Waals surface area contributed by atoms with Crippen LogP contribution in [-0.4, -0.2) is 31.4 Å². The number of anilines is 1. The highest BCUT2D eigenvalue weighted by Gasteiger charge is 2.39. The van der Waals surface area contributed by atoms with Gasteiger partial charge in [-0.05, 0) is 39.0 Å². The van der Waals surface area contributed by atoms with Gasteiger partial charge in [-0.25, -0.2) is 0 Å². The number of hydrogen-bond donors (Lipinski definition) is 2. The molecule has 0 bridgehead atoms. The number of halogens is 3. The van der Waals surface area contributed by atoms with E-state index in [1.807, 2.05) is 0 Å². The first-order valence-corrected chi connectivity index (χ1v) is 9.53. The highest BCUT2D eigenvalue weighted by Crippen LogP contribution is 2.35. The van der Waals surface area contributed by atoms with Crippen molar-refractivity contribution in [3.63, 3.8) is 0 Å². The third-order valence-corrected chi connectivity index (χ3v) is 4.95. The molecule has 2 amide bonds. The molecule has 0 unspecified atom stereocenters. The number of aryl methyl sites for hydroxylation is 2. The van der Waals surface area contributed by atoms with Gasteiger partial charge in [-0.3, -0.25) is 19.0 Å². The molecule has 0 saturated heterocycles. The van der Waals surface area contributed by atoms with Crippen LogP contribution in [0.1, 0.15) is 60.0 Å². The van der Waals surface area contributed by atoms with Crippen LogP contribution >= 0.6 is 0 Å². The van der Waals surface area contributed by atoms with Crippen LogP contribution in [0.4, 0.5) is 18.9 Å². The van der Waals surface area contributed by atoms with Gasteiger partial charge in [0.15, 0.2) is 5.69 Å². The monoisotopic (exact) mass is 412 g/mol. The Morgan fingerprint density at radius 3 is 2.62 bits per heavy atom. The summed E-state index contributed by atoms with van der Waals surface area (Å²) in [7, 11) is 0. The molecule has 0 fully saturated rings. The van der Waals surface area contributed by atoms with Gasteiger partial charge in [-0.2, -0.15) is 23.4 Å². The quantitative estimate of drug-likeness (QED) is 0.728. The minimum Gasteiger partial charge on any atom is -0.364 e. The Morgan fingerprint density at radius 2 is 1.97 bits per heavy atom. The van der Waals surface area contributed by atoms with Crippen molar-refractivity contribution in [2.24, 2.45) is 5.73 Å². The van der Waals surface area contributed by atoms with Crippen molar-refractivity contribution in [2.45, 2.75) is 64.7 Å². The maximum Gasteiger partial charge on any atom is 0.435 e. The molecule has 1 aliphatic rings. The lowest BCUT2D eigenvalue weighted by molar-refractivity contribution is -0.142. The molecule has 2 aromatic heterocycles. The normalized spacial score (nSPS) is 13.9. The molecule has 0 aliphatic heterocycles. The molecule has 0 radical (unpaired) electrons. The molecule has 0 spiro atoms. The minimum absolute atomic E-state index is 0.0610. The van der Waals surface area contributed by atoms with E-state index in [0.29, 0.717) is 31.5 Å². The summed E-state index contributed by atoms with van der Waals surface area (Å²) in [5, 5.41) is 10.4. The maximum absolute atomic E-state index is 13.2. The van der Waals surface area contributed by atoms with E-state index < -0.39 is 17.8 Å². The van der Waals surface area contributed by atoms with Crippen molar-refractivity contribution >= 4 is 17.5 Å². The fraction of sp³-hybridized carbons (Fsp3) is 0.556. The average Bonchev–Trinajstić information content (AvgIpc) is 3.23. The van der Waals surface area contributed by atoms with Crippen LogP contribution < -0.4 is 11.1 Å². The SMILES string of the molecule is CCn1ncc(NC(=O)CCCn2nc(C(F)(F)F)c3c2CCCC3)c1C(N)=O. The molecule has 29 heavy (non-hydrogen) atoms. The summed E-state index contributed by atoms with van der Waals surface area (Å²) in [4.78, 5) is 23.8. The van der Waals surface area contributed by atoms with Gasteiger partial charge in [0.25, 0.3) is 5.91 Å². The summed E-state index contributed by atoms with van der Waals surface area (Å²) >= 11 is 0. The van der Waals surface area contributed by atoms with Crippen LogP contribution in [0.3, 0.4) is 0 Å². The highest BCUT2D eigenvalue weighted by atomic mass is 19.4. The van der Waals surface area contributed by atoms with E-state index in [9.17, 15) is 22.8 Å². The molecule has 1 aliphatic carbocycles. The van der Waals surface area contributed by atoms with Gasteiger partial charge in [-0.15, -0.1) is 0 Å². The smallest absolute Gasteiger partial charge is 0.364 e. The molecule has 3 N–H and O–H groups in total. The predicted molar refractivity (Wildman–Crippen MR) is 98.2 cm³/mol. The van der Waals surface area contributed by atoms with Gasteiger partial charge in [0, 0.05) is 30.8 Å². The Hall–Kier alpha value is -2.85. The Kier molecular flexibility index (Phi) is 5.94. The second kappa shape index (κ2) is 8.26. The summed E-state index contributed by atoms with van der Waals surface area (Å²) in [5.41, 5.74) is 5.75. The van der Waals surface area contributed by atoms with Crippen LogP contribution in [-0.2, 0) is 36.9 Å². The maximum atomic E-state index is 13.2. The number of fused-ring (bicyclic) bond motifs is 1. The number of carbonyl (C=O) groups is 2. The van der Waals surface area contributed by atoms with E-state index in [2.05, 4.69) is 15.5 Å². The number of carbonyl (C=O) groups excluding carboxylic acids is 2. The van der Waals surface area contributed by atoms with Crippen molar-refractivity contribution in [1.82, 2.24) is 19.6 Å². The molecule has 3 rings (SSSR count). The lowest BCUT2D eigenvalue weighted by Gasteiger charge is -2.14. The van der Waals surface area contributed by atoms with Crippen LogP contribution in [0.15, 0.2) is 6.20 Å². The number of hydrogen-bond acceptors (Lipinski definition) is 4. The zero-order valence-electron chi connectivity index (χ0n) is 16.1. The van der Waals surface area contributed by atoms with E-state index in [1.54, 1.807) is 6.92 Å². The van der Waals surface area contributed by atoms with E-state index >= 15 is 0 Å². The number of aromatic nitrogens is 4. The number of amides is 2. The van der Waals surface area contributed by atoms with Crippen molar-refractivity contribution in [3.8, 4) is 0 Å². The molecular formula is C18H23F3N6O2. The second-order valence-electron chi connectivity index (χ2n) is 6.94. The number of primary amides is 1. The van der Waals surface area contributed by atoms with Crippen LogP contribution in [0, 0.1) is 0 Å². The van der Waals surface area contributed by atoms with Gasteiger partial charge in [-0.1, -0.05) is 0 Å². The predicted octanol–water partition coefficient (Wildman–Crippen LogP) is 2.51. The van der Waals surface area contributed by atoms with Crippen molar-refractivity contribution in [3.05, 3.63) is 28.8 Å². The largest absolute Gasteiger partial charge is 0.435 e. The minimum atomic E-state index is -4.48. The third kappa shape index (κ3) is 4.43. The summed E-state index contributed by atoms with van der Waals surface area (Å²) in [6.07, 6.45) is -0.275. The number of rotatable bonds is 7. The van der Waals surface area contributed by atoms with Gasteiger partial charge < -0.3 is 11.1 Å². The Bertz CT molecular complexity index is 916. The van der Waals surface area contributed by atoms with E-state index in [4.69, 9.17) is 5.73 Å². The van der Waals surface area contributed by atoms with E-state index in [-0.39, 0.29) is 35.8 Å². The zero-order valence-corrected chi connectivity index (χ0v) is 16.1. The zero-order chi connectivity index (χ0) is 21.2. The first-order valence-electron chi connectivity index (χ1n) is 9.53. The molecule has 2 aromatic rings. The van der Waals surface area contributed by atoms with Crippen molar-refractivity contribution in [1.29, 1.82) is 0 Å². The van der Waals surface area contributed by atoms with Crippen LogP contribution in [0.2, 0.25) is 0 Å². The molecule has 0 aromatic carbocycles. The molecular weight excluding hydrogens is 389 g/mol. The van der Waals surface area contributed by atoms with Gasteiger partial charge in [0.05, 0.1) is 11.9 Å². The average molecular weight is 412 g/mol. The highest BCUT2D eigenvalue weighted by molar-refractivity contribution is 6.01. The number of nitrogens with two attached hydrogens (primary N) is 1. The third-order valence-electron chi connectivity index (χ3n) is 4.95. The first kappa shape index (κ1) is 20.9. The summed E-state index contributed by atoms with van der Waals surface area (Å²) in [6, 6.07) is 0. The number of nitrogens with zero attached hydrogens (tertiary/aromatic N) is 4. The fourth-order valence-corrected chi connectivity index (χ4v) is 3.66. The number of alkyl halides is 3. The van der Waals surface area contributed by atoms with Crippen LogP contribution in [0.25, 0.3) is 0 Å². The van der Waals surface area contributed by atoms with E-state index in [0.717, 1.165) is 12.8 Å². The Balaban J connectivity index is 1.64. The lowest BCUT2D eigenvalue weighted by Crippen LogP contribution is -2.21. The Labute approximate surface area is 165 Å². The topological polar surface area (TPSA) is 108 Å². The number of nitrogens with one attached hydrogen (secondary N) is 1. The molecule has 2 heterocycles. The van der Waals surface area contributed by atoms with Crippen molar-refractivity contribution in [2.75, 3.05) is 5.32 Å². The second-order valence-corrected chi connectivity index (χ2v) is 6.94. The molecule has 11 heteroatoms. The molecule has 8 nitrogen and oxygen atoms in total. The summed E-state index contributed by atoms with van der Waals surface area (Å²) < 4.78 is 42.5. The fourth-order valence-electron chi connectivity index (χ4n) is 3.66. The van der Waals surface area contributed by atoms with E-state index in [1.165, 1.54) is 15.6 Å². The Morgan fingerprint density at radius 1 is 1.24 bits per heavy atom. The lowest BCUT2D eigenvalue weighted by atomic mass is 9.95. The first-order chi connectivity index (χ1) is 13.7. The van der Waals surface area contributed by atoms with Gasteiger partial charge >= 0.3 is 6.18 Å². The molecule has 158 valence electrons. The van der Waals surface area contributed by atoms with Gasteiger partial charge in [0.2, 0.25) is 5.91 Å².